The fourth-order valence-corrected chi connectivity index (χ4v) is 4.45. The Morgan fingerprint density at radius 1 is 1.26 bits per heavy atom. The Morgan fingerprint density at radius 3 is 2.78 bits per heavy atom. The Balaban J connectivity index is 1.74. The van der Waals surface area contributed by atoms with Crippen LogP contribution in [0.4, 0.5) is 4.79 Å². The molecule has 1 spiro atoms. The summed E-state index contributed by atoms with van der Waals surface area (Å²) in [6, 6.07) is 4.32. The number of hydrogen-bond donors (Lipinski definition) is 1. The molecule has 2 aromatic rings. The molecule has 27 heavy (non-hydrogen) atoms. The third kappa shape index (κ3) is 2.83. The maximum Gasteiger partial charge on any atom is 0.336 e. The van der Waals surface area contributed by atoms with E-state index in [-0.39, 0.29) is 18.4 Å². The van der Waals surface area contributed by atoms with E-state index >= 15 is 0 Å². The summed E-state index contributed by atoms with van der Waals surface area (Å²) in [5.41, 5.74) is 0.388. The van der Waals surface area contributed by atoms with Gasteiger partial charge < -0.3 is 9.73 Å². The molecule has 1 saturated heterocycles. The Bertz CT molecular complexity index is 1010. The molecule has 2 atom stereocenters. The van der Waals surface area contributed by atoms with Gasteiger partial charge in [-0.1, -0.05) is 31.4 Å². The summed E-state index contributed by atoms with van der Waals surface area (Å²) in [6.07, 6.45) is 3.54. The Kier molecular flexibility index (Phi) is 4.26. The van der Waals surface area contributed by atoms with Crippen LogP contribution in [0.2, 0.25) is 5.02 Å². The zero-order valence-electron chi connectivity index (χ0n) is 15.3. The van der Waals surface area contributed by atoms with Crippen LogP contribution in [0.15, 0.2) is 27.4 Å². The van der Waals surface area contributed by atoms with Crippen LogP contribution in [0.3, 0.4) is 0 Å². The highest BCUT2D eigenvalue weighted by Crippen LogP contribution is 2.39. The molecule has 0 unspecified atom stereocenters. The second kappa shape index (κ2) is 6.37. The summed E-state index contributed by atoms with van der Waals surface area (Å²) in [5, 5.41) is 4.09. The average Bonchev–Trinajstić information content (AvgIpc) is 2.84. The molecule has 2 aliphatic rings. The highest BCUT2D eigenvalue weighted by Gasteiger charge is 2.54. The third-order valence-corrected chi connectivity index (χ3v) is 6.35. The van der Waals surface area contributed by atoms with Gasteiger partial charge in [0.25, 0.3) is 5.91 Å². The quantitative estimate of drug-likeness (QED) is 0.627. The van der Waals surface area contributed by atoms with Crippen molar-refractivity contribution in [3.8, 4) is 0 Å². The predicted octanol–water partition coefficient (Wildman–Crippen LogP) is 3.76. The van der Waals surface area contributed by atoms with Gasteiger partial charge >= 0.3 is 11.7 Å². The van der Waals surface area contributed by atoms with Crippen LogP contribution in [0.1, 0.15) is 43.7 Å². The molecule has 7 heteroatoms. The number of hydrogen-bond acceptors (Lipinski definition) is 4. The van der Waals surface area contributed by atoms with E-state index in [9.17, 15) is 14.4 Å². The van der Waals surface area contributed by atoms with Crippen LogP contribution < -0.4 is 10.9 Å². The molecular weight excluding hydrogens is 368 g/mol. The van der Waals surface area contributed by atoms with Crippen LogP contribution >= 0.6 is 11.6 Å². The van der Waals surface area contributed by atoms with Crippen molar-refractivity contribution in [1.29, 1.82) is 0 Å². The van der Waals surface area contributed by atoms with Gasteiger partial charge in [0.1, 0.15) is 11.1 Å². The van der Waals surface area contributed by atoms with Gasteiger partial charge in [0.05, 0.1) is 6.54 Å². The molecule has 3 amide bonds. The molecule has 1 aliphatic carbocycles. The van der Waals surface area contributed by atoms with Crippen LogP contribution in [-0.4, -0.2) is 22.4 Å². The van der Waals surface area contributed by atoms with E-state index in [1.807, 2.05) is 13.8 Å². The second-order valence-electron chi connectivity index (χ2n) is 7.63. The summed E-state index contributed by atoms with van der Waals surface area (Å²) in [4.78, 5) is 39.0. The van der Waals surface area contributed by atoms with E-state index < -0.39 is 17.2 Å². The van der Waals surface area contributed by atoms with Crippen molar-refractivity contribution in [3.05, 3.63) is 44.8 Å². The topological polar surface area (TPSA) is 79.6 Å². The minimum Gasteiger partial charge on any atom is -0.423 e. The lowest BCUT2D eigenvalue weighted by Gasteiger charge is -2.36. The van der Waals surface area contributed by atoms with Gasteiger partial charge in [-0.3, -0.25) is 9.69 Å². The first-order chi connectivity index (χ1) is 12.8. The van der Waals surface area contributed by atoms with Gasteiger partial charge in [0.15, 0.2) is 0 Å². The maximum absolute atomic E-state index is 13.2. The van der Waals surface area contributed by atoms with Crippen molar-refractivity contribution in [1.82, 2.24) is 10.2 Å². The second-order valence-corrected chi connectivity index (χ2v) is 8.04. The number of carbonyl (C=O) groups is 2. The highest BCUT2D eigenvalue weighted by atomic mass is 35.5. The van der Waals surface area contributed by atoms with Crippen molar-refractivity contribution in [2.45, 2.75) is 51.6 Å². The predicted molar refractivity (Wildman–Crippen MR) is 102 cm³/mol. The van der Waals surface area contributed by atoms with Crippen molar-refractivity contribution in [2.75, 3.05) is 0 Å². The number of rotatable bonds is 2. The number of imide groups is 1. The molecule has 1 aromatic carbocycles. The summed E-state index contributed by atoms with van der Waals surface area (Å²) in [6.45, 7) is 3.84. The SMILES string of the molecule is Cc1cc2oc(=O)cc(CN3C(=O)N[C@@]4(CCCC[C@@H]4C)C3=O)c2cc1Cl. The highest BCUT2D eigenvalue weighted by molar-refractivity contribution is 6.32. The molecule has 1 saturated carbocycles. The summed E-state index contributed by atoms with van der Waals surface area (Å²) >= 11 is 6.23. The van der Waals surface area contributed by atoms with E-state index in [1.54, 1.807) is 12.1 Å². The summed E-state index contributed by atoms with van der Waals surface area (Å²) in [7, 11) is 0. The Hall–Kier alpha value is -2.34. The van der Waals surface area contributed by atoms with Gasteiger partial charge in [-0.05, 0) is 48.9 Å². The lowest BCUT2D eigenvalue weighted by molar-refractivity contribution is -0.134. The van der Waals surface area contributed by atoms with Gasteiger partial charge in [-0.25, -0.2) is 9.59 Å². The number of halogens is 1. The van der Waals surface area contributed by atoms with Gasteiger partial charge in [-0.2, -0.15) is 0 Å². The van der Waals surface area contributed by atoms with E-state index in [0.717, 1.165) is 24.8 Å². The van der Waals surface area contributed by atoms with Crippen molar-refractivity contribution in [2.24, 2.45) is 5.92 Å². The molecule has 142 valence electrons. The molecule has 4 rings (SSSR count). The number of carbonyl (C=O) groups excluding carboxylic acids is 2. The molecular formula is C20H21ClN2O4. The molecule has 0 radical (unpaired) electrons. The Morgan fingerprint density at radius 2 is 2.04 bits per heavy atom. The number of nitrogens with zero attached hydrogens (tertiary/aromatic N) is 1. The molecule has 1 N–H and O–H groups in total. The van der Waals surface area contributed by atoms with Crippen molar-refractivity contribution >= 4 is 34.5 Å². The van der Waals surface area contributed by atoms with Gasteiger partial charge in [0, 0.05) is 16.5 Å². The fraction of sp³-hybridized carbons (Fsp3) is 0.450. The normalized spacial score (nSPS) is 25.4. The lowest BCUT2D eigenvalue weighted by atomic mass is 9.73. The number of aryl methyl sites for hydroxylation is 1. The zero-order valence-corrected chi connectivity index (χ0v) is 16.1. The minimum absolute atomic E-state index is 0.0145. The third-order valence-electron chi connectivity index (χ3n) is 5.94. The molecule has 1 aliphatic heterocycles. The first-order valence-corrected chi connectivity index (χ1v) is 9.56. The van der Waals surface area contributed by atoms with Crippen LogP contribution in [0, 0.1) is 12.8 Å². The molecule has 6 nitrogen and oxygen atoms in total. The maximum atomic E-state index is 13.2. The van der Waals surface area contributed by atoms with E-state index in [0.29, 0.717) is 28.0 Å². The van der Waals surface area contributed by atoms with Crippen LogP contribution in [-0.2, 0) is 11.3 Å². The number of urea groups is 1. The van der Waals surface area contributed by atoms with E-state index in [2.05, 4.69) is 5.32 Å². The van der Waals surface area contributed by atoms with Crippen LogP contribution in [0.5, 0.6) is 0 Å². The summed E-state index contributed by atoms with van der Waals surface area (Å²) in [5.74, 6) is -0.123. The van der Waals surface area contributed by atoms with Crippen LogP contribution in [0.25, 0.3) is 11.0 Å². The standard InChI is InChI=1S/C20H21ClN2O4/c1-11-7-16-14(9-15(11)21)13(8-17(24)27-16)10-23-18(25)20(22-19(23)26)6-4-3-5-12(20)2/h7-9,12H,3-6,10H2,1-2H3,(H,22,26)/t12-,20+/m0/s1. The van der Waals surface area contributed by atoms with Crippen molar-refractivity contribution in [3.63, 3.8) is 0 Å². The van der Waals surface area contributed by atoms with Crippen molar-refractivity contribution < 1.29 is 14.0 Å². The lowest BCUT2D eigenvalue weighted by Crippen LogP contribution is -2.53. The fourth-order valence-electron chi connectivity index (χ4n) is 4.29. The largest absolute Gasteiger partial charge is 0.423 e. The monoisotopic (exact) mass is 388 g/mol. The summed E-state index contributed by atoms with van der Waals surface area (Å²) < 4.78 is 5.26. The Labute approximate surface area is 161 Å². The first-order valence-electron chi connectivity index (χ1n) is 9.19. The smallest absolute Gasteiger partial charge is 0.336 e. The zero-order chi connectivity index (χ0) is 19.3. The molecule has 0 bridgehead atoms. The molecule has 2 heterocycles. The number of nitrogens with one attached hydrogen (secondary N) is 1. The van der Waals surface area contributed by atoms with E-state index in [1.165, 1.54) is 11.0 Å². The average molecular weight is 389 g/mol. The molecule has 1 aromatic heterocycles. The number of benzene rings is 1. The molecule has 2 fully saturated rings. The first kappa shape index (κ1) is 18.0. The number of fused-ring (bicyclic) bond motifs is 1. The van der Waals surface area contributed by atoms with E-state index in [4.69, 9.17) is 16.0 Å². The van der Waals surface area contributed by atoms with Gasteiger partial charge in [-0.15, -0.1) is 0 Å². The van der Waals surface area contributed by atoms with Gasteiger partial charge in [0.2, 0.25) is 0 Å². The number of amides is 3. The minimum atomic E-state index is -0.821.